The number of nitrogens with zero attached hydrogens (tertiary/aromatic N) is 5. The molecule has 4 rings (SSSR count). The summed E-state index contributed by atoms with van der Waals surface area (Å²) in [5, 5.41) is 9.85. The lowest BCUT2D eigenvalue weighted by Gasteiger charge is -2.08. The van der Waals surface area contributed by atoms with Crippen LogP contribution < -0.4 is 5.30 Å². The van der Waals surface area contributed by atoms with Crippen LogP contribution in [0.4, 0.5) is 0 Å². The molecular weight excluding hydrogens is 321 g/mol. The number of benzene rings is 1. The third-order valence-corrected chi connectivity index (χ3v) is 4.21. The molecule has 0 radical (unpaired) electrons. The Bertz CT molecular complexity index is 950. The van der Waals surface area contributed by atoms with E-state index in [0.717, 1.165) is 22.3 Å². The van der Waals surface area contributed by atoms with Gasteiger partial charge in [-0.3, -0.25) is 4.68 Å². The van der Waals surface area contributed by atoms with Gasteiger partial charge in [-0.1, -0.05) is 29.4 Å². The molecule has 6 nitrogen and oxygen atoms in total. The van der Waals surface area contributed by atoms with Crippen LogP contribution in [-0.2, 0) is 6.54 Å². The van der Waals surface area contributed by atoms with Gasteiger partial charge in [0.05, 0.1) is 12.2 Å². The van der Waals surface area contributed by atoms with E-state index in [4.69, 9.17) is 4.52 Å². The van der Waals surface area contributed by atoms with Gasteiger partial charge >= 0.3 is 0 Å². The highest BCUT2D eigenvalue weighted by atomic mass is 31.0. The van der Waals surface area contributed by atoms with Gasteiger partial charge in [0.15, 0.2) is 5.82 Å². The lowest BCUT2D eigenvalue weighted by molar-refractivity contribution is 0.421. The summed E-state index contributed by atoms with van der Waals surface area (Å²) in [7, 11) is 2.75. The van der Waals surface area contributed by atoms with Gasteiger partial charge in [0.25, 0.3) is 0 Å². The molecule has 1 aromatic carbocycles. The summed E-state index contributed by atoms with van der Waals surface area (Å²) in [5.41, 5.74) is 3.45. The van der Waals surface area contributed by atoms with E-state index in [-0.39, 0.29) is 0 Å². The third kappa shape index (κ3) is 2.84. The van der Waals surface area contributed by atoms with Crippen LogP contribution in [0.2, 0.25) is 0 Å². The standard InChI is InChI=1S/C17H14N5OP/c24-16-5-2-1-4-12(16)11-22-15(13-6-9-23-21-13)10-14(20-22)17-18-7-3-8-19-17/h1-10H,11,24H2. The fraction of sp³-hybridized carbons (Fsp3) is 0.0588. The predicted molar refractivity (Wildman–Crippen MR) is 93.6 cm³/mol. The lowest BCUT2D eigenvalue weighted by atomic mass is 10.2. The first-order valence-electron chi connectivity index (χ1n) is 7.40. The molecule has 0 fully saturated rings. The Morgan fingerprint density at radius 1 is 1.00 bits per heavy atom. The quantitative estimate of drug-likeness (QED) is 0.536. The zero-order chi connectivity index (χ0) is 16.4. The maximum atomic E-state index is 4.99. The van der Waals surface area contributed by atoms with Crippen LogP contribution in [0.5, 0.6) is 0 Å². The number of aromatic nitrogens is 5. The van der Waals surface area contributed by atoms with E-state index in [2.05, 4.69) is 41.6 Å². The zero-order valence-electron chi connectivity index (χ0n) is 12.7. The minimum absolute atomic E-state index is 0.583. The monoisotopic (exact) mass is 335 g/mol. The van der Waals surface area contributed by atoms with Crippen LogP contribution >= 0.6 is 9.24 Å². The summed E-state index contributed by atoms with van der Waals surface area (Å²) < 4.78 is 6.88. The first-order chi connectivity index (χ1) is 11.8. The SMILES string of the molecule is Pc1ccccc1Cn1nc(-c2ncccn2)cc1-c1ccon1. The predicted octanol–water partition coefficient (Wildman–Crippen LogP) is 2.54. The number of hydrogen-bond donors (Lipinski definition) is 0. The summed E-state index contributed by atoms with van der Waals surface area (Å²) >= 11 is 0. The van der Waals surface area contributed by atoms with Crippen molar-refractivity contribution in [2.24, 2.45) is 0 Å². The Labute approximate surface area is 140 Å². The van der Waals surface area contributed by atoms with E-state index in [0.29, 0.717) is 18.1 Å². The van der Waals surface area contributed by atoms with Crippen LogP contribution in [-0.4, -0.2) is 24.9 Å². The smallest absolute Gasteiger partial charge is 0.180 e. The highest BCUT2D eigenvalue weighted by Crippen LogP contribution is 2.24. The lowest BCUT2D eigenvalue weighted by Crippen LogP contribution is -2.10. The summed E-state index contributed by atoms with van der Waals surface area (Å²) in [5.74, 6) is 0.583. The van der Waals surface area contributed by atoms with Crippen molar-refractivity contribution in [2.45, 2.75) is 6.54 Å². The summed E-state index contributed by atoms with van der Waals surface area (Å²) in [6.07, 6.45) is 4.96. The van der Waals surface area contributed by atoms with Crippen molar-refractivity contribution in [1.29, 1.82) is 0 Å². The second-order valence-corrected chi connectivity index (χ2v) is 5.85. The van der Waals surface area contributed by atoms with Gasteiger partial charge in [-0.2, -0.15) is 5.10 Å². The first kappa shape index (κ1) is 14.7. The molecule has 0 spiro atoms. The summed E-state index contributed by atoms with van der Waals surface area (Å²) in [6.45, 7) is 0.620. The summed E-state index contributed by atoms with van der Waals surface area (Å²) in [6, 6.07) is 13.7. The van der Waals surface area contributed by atoms with E-state index in [1.807, 2.05) is 28.9 Å². The molecule has 1 atom stereocenters. The van der Waals surface area contributed by atoms with Gasteiger partial charge < -0.3 is 4.52 Å². The van der Waals surface area contributed by atoms with Crippen LogP contribution in [0.1, 0.15) is 5.56 Å². The van der Waals surface area contributed by atoms with E-state index >= 15 is 0 Å². The maximum Gasteiger partial charge on any atom is 0.180 e. The Morgan fingerprint density at radius 3 is 2.58 bits per heavy atom. The Balaban J connectivity index is 1.80. The second kappa shape index (κ2) is 6.34. The molecule has 0 aliphatic heterocycles. The van der Waals surface area contributed by atoms with Crippen LogP contribution in [0.3, 0.4) is 0 Å². The number of rotatable bonds is 4. The van der Waals surface area contributed by atoms with Crippen LogP contribution in [0, 0.1) is 0 Å². The van der Waals surface area contributed by atoms with Gasteiger partial charge in [-0.05, 0) is 23.0 Å². The van der Waals surface area contributed by atoms with Crippen molar-refractivity contribution in [3.63, 3.8) is 0 Å². The molecule has 24 heavy (non-hydrogen) atoms. The molecule has 0 saturated heterocycles. The fourth-order valence-electron chi connectivity index (χ4n) is 2.47. The van der Waals surface area contributed by atoms with Crippen molar-refractivity contribution in [3.05, 3.63) is 66.7 Å². The van der Waals surface area contributed by atoms with Gasteiger partial charge in [0, 0.05) is 18.5 Å². The average Bonchev–Trinajstić information content (AvgIpc) is 3.27. The molecule has 3 aromatic heterocycles. The summed E-state index contributed by atoms with van der Waals surface area (Å²) in [4.78, 5) is 8.55. The van der Waals surface area contributed by atoms with Crippen molar-refractivity contribution >= 4 is 14.5 Å². The van der Waals surface area contributed by atoms with E-state index in [1.54, 1.807) is 24.7 Å². The highest BCUT2D eigenvalue weighted by Gasteiger charge is 2.15. The zero-order valence-corrected chi connectivity index (χ0v) is 13.9. The molecule has 0 aliphatic carbocycles. The normalized spacial score (nSPS) is 10.9. The molecule has 1 unspecified atom stereocenters. The molecule has 118 valence electrons. The largest absolute Gasteiger partial charge is 0.364 e. The minimum Gasteiger partial charge on any atom is -0.364 e. The second-order valence-electron chi connectivity index (χ2n) is 5.23. The molecule has 3 heterocycles. The maximum absolute atomic E-state index is 4.99. The van der Waals surface area contributed by atoms with Crippen molar-refractivity contribution in [3.8, 4) is 22.9 Å². The van der Waals surface area contributed by atoms with Gasteiger partial charge in [0.2, 0.25) is 0 Å². The molecule has 0 N–H and O–H groups in total. The molecular formula is C17H14N5OP. The molecule has 0 amide bonds. The van der Waals surface area contributed by atoms with E-state index < -0.39 is 0 Å². The van der Waals surface area contributed by atoms with Gasteiger partial charge in [-0.15, -0.1) is 9.24 Å². The first-order valence-corrected chi connectivity index (χ1v) is 7.98. The van der Waals surface area contributed by atoms with Gasteiger partial charge in [-0.25, -0.2) is 9.97 Å². The van der Waals surface area contributed by atoms with Gasteiger partial charge in [0.1, 0.15) is 17.7 Å². The topological polar surface area (TPSA) is 69.6 Å². The molecule has 4 aromatic rings. The Morgan fingerprint density at radius 2 is 1.83 bits per heavy atom. The van der Waals surface area contributed by atoms with Crippen LogP contribution in [0.25, 0.3) is 22.9 Å². The van der Waals surface area contributed by atoms with E-state index in [9.17, 15) is 0 Å². The molecule has 0 bridgehead atoms. The molecule has 7 heteroatoms. The Kier molecular flexibility index (Phi) is 3.89. The van der Waals surface area contributed by atoms with Crippen molar-refractivity contribution < 1.29 is 4.52 Å². The van der Waals surface area contributed by atoms with Crippen LogP contribution in [0.15, 0.2) is 65.6 Å². The molecule has 0 aliphatic rings. The number of hydrogen-bond acceptors (Lipinski definition) is 5. The Hall–Kier alpha value is -2.85. The van der Waals surface area contributed by atoms with Crippen molar-refractivity contribution in [2.75, 3.05) is 0 Å². The van der Waals surface area contributed by atoms with Crippen molar-refractivity contribution in [1.82, 2.24) is 24.9 Å². The fourth-order valence-corrected chi connectivity index (χ4v) is 2.77. The third-order valence-electron chi connectivity index (χ3n) is 3.65. The van der Waals surface area contributed by atoms with E-state index in [1.165, 1.54) is 0 Å². The highest BCUT2D eigenvalue weighted by molar-refractivity contribution is 7.27. The average molecular weight is 335 g/mol. The molecule has 0 saturated carbocycles. The minimum atomic E-state index is 0.583.